The molecule has 1 amide bonds. The summed E-state index contributed by atoms with van der Waals surface area (Å²) < 4.78 is 0. The van der Waals surface area contributed by atoms with E-state index < -0.39 is 0 Å². The fraction of sp³-hybridized carbons (Fsp3) is 0.909. The van der Waals surface area contributed by atoms with Gasteiger partial charge in [-0.05, 0) is 45.7 Å². The van der Waals surface area contributed by atoms with Crippen LogP contribution in [0.15, 0.2) is 0 Å². The molecule has 0 aromatic rings. The number of hydrogen-bond acceptors (Lipinski definition) is 2. The van der Waals surface area contributed by atoms with E-state index in [-0.39, 0.29) is 0 Å². The van der Waals surface area contributed by atoms with Crippen LogP contribution < -0.4 is 5.32 Å². The summed E-state index contributed by atoms with van der Waals surface area (Å²) in [6.07, 6.45) is 5.80. The van der Waals surface area contributed by atoms with Crippen molar-refractivity contribution < 1.29 is 4.79 Å². The molecule has 14 heavy (non-hydrogen) atoms. The lowest BCUT2D eigenvalue weighted by Gasteiger charge is -2.24. The van der Waals surface area contributed by atoms with Gasteiger partial charge in [-0.2, -0.15) is 0 Å². The van der Waals surface area contributed by atoms with Gasteiger partial charge in [0.25, 0.3) is 0 Å². The summed E-state index contributed by atoms with van der Waals surface area (Å²) in [7, 11) is 1.97. The third-order valence-electron chi connectivity index (χ3n) is 3.31. The Bertz CT molecular complexity index is 213. The highest BCUT2D eigenvalue weighted by molar-refractivity contribution is 5.81. The molecule has 1 saturated heterocycles. The number of carbonyl (C=O) groups excluding carboxylic acids is 1. The maximum Gasteiger partial charge on any atom is 0.225 e. The molecular weight excluding hydrogens is 176 g/mol. The Morgan fingerprint density at radius 2 is 2.21 bits per heavy atom. The van der Waals surface area contributed by atoms with E-state index in [4.69, 9.17) is 0 Å². The molecule has 0 spiro atoms. The Hall–Kier alpha value is -0.570. The molecule has 1 saturated carbocycles. The SMILES string of the molecule is CNCCC1CCCN1C(=O)C1CC1. The van der Waals surface area contributed by atoms with E-state index in [1.165, 1.54) is 12.8 Å². The molecule has 2 aliphatic rings. The first-order valence-electron chi connectivity index (χ1n) is 5.78. The van der Waals surface area contributed by atoms with Crippen molar-refractivity contribution in [3.8, 4) is 0 Å². The van der Waals surface area contributed by atoms with E-state index in [9.17, 15) is 4.79 Å². The van der Waals surface area contributed by atoms with Crippen LogP contribution in [0.1, 0.15) is 32.1 Å². The van der Waals surface area contributed by atoms with Gasteiger partial charge in [0.15, 0.2) is 0 Å². The largest absolute Gasteiger partial charge is 0.339 e. The molecule has 80 valence electrons. The maximum atomic E-state index is 11.9. The third-order valence-corrected chi connectivity index (χ3v) is 3.31. The highest BCUT2D eigenvalue weighted by Crippen LogP contribution is 2.34. The lowest BCUT2D eigenvalue weighted by Crippen LogP contribution is -2.37. The minimum absolute atomic E-state index is 0.394. The number of likely N-dealkylation sites (tertiary alicyclic amines) is 1. The Labute approximate surface area is 85.8 Å². The molecule has 0 radical (unpaired) electrons. The molecule has 1 aliphatic heterocycles. The smallest absolute Gasteiger partial charge is 0.225 e. The van der Waals surface area contributed by atoms with Crippen LogP contribution in [0.5, 0.6) is 0 Å². The second-order valence-corrected chi connectivity index (χ2v) is 4.49. The van der Waals surface area contributed by atoms with Crippen molar-refractivity contribution in [2.45, 2.75) is 38.1 Å². The minimum Gasteiger partial charge on any atom is -0.339 e. The lowest BCUT2D eigenvalue weighted by molar-refractivity contribution is -0.133. The fourth-order valence-electron chi connectivity index (χ4n) is 2.30. The minimum atomic E-state index is 0.394. The van der Waals surface area contributed by atoms with Crippen LogP contribution in [0.4, 0.5) is 0 Å². The van der Waals surface area contributed by atoms with Gasteiger partial charge >= 0.3 is 0 Å². The van der Waals surface area contributed by atoms with Gasteiger partial charge in [0.05, 0.1) is 0 Å². The van der Waals surface area contributed by atoms with Crippen LogP contribution in [0.2, 0.25) is 0 Å². The number of carbonyl (C=O) groups is 1. The molecule has 0 aromatic heterocycles. The molecule has 1 heterocycles. The first kappa shape index (κ1) is 9.97. The van der Waals surface area contributed by atoms with Gasteiger partial charge in [0.1, 0.15) is 0 Å². The molecule has 1 N–H and O–H groups in total. The first-order valence-corrected chi connectivity index (χ1v) is 5.78. The monoisotopic (exact) mass is 196 g/mol. The third kappa shape index (κ3) is 2.08. The zero-order valence-electron chi connectivity index (χ0n) is 8.96. The predicted octanol–water partition coefficient (Wildman–Crippen LogP) is 0.997. The van der Waals surface area contributed by atoms with E-state index in [2.05, 4.69) is 10.2 Å². The van der Waals surface area contributed by atoms with Gasteiger partial charge in [0, 0.05) is 18.5 Å². The zero-order chi connectivity index (χ0) is 9.97. The van der Waals surface area contributed by atoms with Gasteiger partial charge in [0.2, 0.25) is 5.91 Å². The van der Waals surface area contributed by atoms with Crippen LogP contribution in [-0.2, 0) is 4.79 Å². The summed E-state index contributed by atoms with van der Waals surface area (Å²) in [5.74, 6) is 0.828. The van der Waals surface area contributed by atoms with Crippen molar-refractivity contribution in [2.75, 3.05) is 20.1 Å². The predicted molar refractivity (Wildman–Crippen MR) is 56.0 cm³/mol. The van der Waals surface area contributed by atoms with Gasteiger partial charge in [-0.1, -0.05) is 0 Å². The van der Waals surface area contributed by atoms with E-state index in [0.717, 1.165) is 32.4 Å². The number of rotatable bonds is 4. The summed E-state index contributed by atoms with van der Waals surface area (Å²) in [5, 5.41) is 3.16. The van der Waals surface area contributed by atoms with Gasteiger partial charge in [-0.25, -0.2) is 0 Å². The molecule has 3 nitrogen and oxygen atoms in total. The van der Waals surface area contributed by atoms with Crippen molar-refractivity contribution in [1.29, 1.82) is 0 Å². The molecule has 2 rings (SSSR count). The zero-order valence-corrected chi connectivity index (χ0v) is 8.96. The van der Waals surface area contributed by atoms with E-state index >= 15 is 0 Å². The summed E-state index contributed by atoms with van der Waals surface area (Å²) in [5.41, 5.74) is 0. The van der Waals surface area contributed by atoms with Gasteiger partial charge in [-0.15, -0.1) is 0 Å². The van der Waals surface area contributed by atoms with Crippen LogP contribution in [0, 0.1) is 5.92 Å². The van der Waals surface area contributed by atoms with E-state index in [1.54, 1.807) is 0 Å². The van der Waals surface area contributed by atoms with Crippen molar-refractivity contribution in [3.63, 3.8) is 0 Å². The fourth-order valence-corrected chi connectivity index (χ4v) is 2.30. The number of amides is 1. The maximum absolute atomic E-state index is 11.9. The molecule has 2 fully saturated rings. The van der Waals surface area contributed by atoms with Gasteiger partial charge < -0.3 is 10.2 Å². The number of hydrogen-bond donors (Lipinski definition) is 1. The average Bonchev–Trinajstić information content (AvgIpc) is 2.93. The normalized spacial score (nSPS) is 26.9. The van der Waals surface area contributed by atoms with E-state index in [1.807, 2.05) is 7.05 Å². The summed E-state index contributed by atoms with van der Waals surface area (Å²) >= 11 is 0. The molecule has 1 unspecified atom stereocenters. The van der Waals surface area contributed by atoms with Crippen molar-refractivity contribution in [1.82, 2.24) is 10.2 Å². The van der Waals surface area contributed by atoms with Crippen molar-refractivity contribution in [2.24, 2.45) is 5.92 Å². The second-order valence-electron chi connectivity index (χ2n) is 4.49. The summed E-state index contributed by atoms with van der Waals surface area (Å²) in [4.78, 5) is 14.0. The summed E-state index contributed by atoms with van der Waals surface area (Å²) in [6, 6.07) is 0.524. The first-order chi connectivity index (χ1) is 6.83. The number of nitrogens with one attached hydrogen (secondary N) is 1. The number of nitrogens with zero attached hydrogens (tertiary/aromatic N) is 1. The highest BCUT2D eigenvalue weighted by Gasteiger charge is 2.37. The van der Waals surface area contributed by atoms with Crippen LogP contribution >= 0.6 is 0 Å². The Morgan fingerprint density at radius 3 is 2.86 bits per heavy atom. The topological polar surface area (TPSA) is 32.3 Å². The molecule has 0 aromatic carbocycles. The molecule has 1 atom stereocenters. The van der Waals surface area contributed by atoms with Crippen molar-refractivity contribution in [3.05, 3.63) is 0 Å². The van der Waals surface area contributed by atoms with Crippen LogP contribution in [-0.4, -0.2) is 37.0 Å². The summed E-state index contributed by atoms with van der Waals surface area (Å²) in [6.45, 7) is 2.03. The Balaban J connectivity index is 1.85. The molecule has 1 aliphatic carbocycles. The molecule has 0 bridgehead atoms. The van der Waals surface area contributed by atoms with Crippen molar-refractivity contribution >= 4 is 5.91 Å². The highest BCUT2D eigenvalue weighted by atomic mass is 16.2. The Morgan fingerprint density at radius 1 is 1.43 bits per heavy atom. The quantitative estimate of drug-likeness (QED) is 0.727. The van der Waals surface area contributed by atoms with Crippen LogP contribution in [0.25, 0.3) is 0 Å². The van der Waals surface area contributed by atoms with Gasteiger partial charge in [-0.3, -0.25) is 4.79 Å². The molecule has 3 heteroatoms. The van der Waals surface area contributed by atoms with E-state index in [0.29, 0.717) is 17.9 Å². The molecular formula is C11H20N2O. The second kappa shape index (κ2) is 4.30. The Kier molecular flexibility index (Phi) is 3.06. The standard InChI is InChI=1S/C11H20N2O/c1-12-7-6-10-3-2-8-13(10)11(14)9-4-5-9/h9-10,12H,2-8H2,1H3. The van der Waals surface area contributed by atoms with Crippen LogP contribution in [0.3, 0.4) is 0 Å². The average molecular weight is 196 g/mol. The lowest BCUT2D eigenvalue weighted by atomic mass is 10.1.